The van der Waals surface area contributed by atoms with Crippen molar-refractivity contribution in [2.75, 3.05) is 13.1 Å². The van der Waals surface area contributed by atoms with Crippen LogP contribution < -0.4 is 5.32 Å². The summed E-state index contributed by atoms with van der Waals surface area (Å²) in [6.07, 6.45) is 1.18. The molecule has 1 aromatic rings. The second-order valence-corrected chi connectivity index (χ2v) is 6.48. The van der Waals surface area contributed by atoms with Gasteiger partial charge in [-0.3, -0.25) is 4.90 Å². The average Bonchev–Trinajstić information content (AvgIpc) is 2.38. The second kappa shape index (κ2) is 5.64. The van der Waals surface area contributed by atoms with Crippen molar-refractivity contribution in [2.24, 2.45) is 0 Å². The van der Waals surface area contributed by atoms with Gasteiger partial charge in [-0.25, -0.2) is 0 Å². The maximum Gasteiger partial charge on any atom is 0.0278 e. The molecule has 1 heterocycles. The number of piperazine rings is 1. The normalized spacial score (nSPS) is 28.6. The summed E-state index contributed by atoms with van der Waals surface area (Å²) in [5.74, 6) is 0. The average molecular weight is 260 g/mol. The molecule has 1 fully saturated rings. The van der Waals surface area contributed by atoms with E-state index in [0.29, 0.717) is 6.04 Å². The van der Waals surface area contributed by atoms with Crippen molar-refractivity contribution in [3.8, 4) is 0 Å². The van der Waals surface area contributed by atoms with Gasteiger partial charge in [-0.15, -0.1) is 0 Å². The molecule has 0 aliphatic carbocycles. The van der Waals surface area contributed by atoms with Crippen LogP contribution in [0.5, 0.6) is 0 Å². The Balaban J connectivity index is 2.14. The molecule has 1 N–H and O–H groups in total. The Kier molecular flexibility index (Phi) is 4.32. The summed E-state index contributed by atoms with van der Waals surface area (Å²) in [6.45, 7) is 14.7. The zero-order valence-corrected chi connectivity index (χ0v) is 13.1. The number of hydrogen-bond acceptors (Lipinski definition) is 2. The van der Waals surface area contributed by atoms with Crippen molar-refractivity contribution >= 4 is 0 Å². The fourth-order valence-electron chi connectivity index (χ4n) is 2.82. The number of nitrogens with zero attached hydrogens (tertiary/aromatic N) is 1. The SMILES string of the molecule is CCC1(C)CN(Cc2cc(C)ccc2C)C(C)CN1. The number of hydrogen-bond donors (Lipinski definition) is 1. The van der Waals surface area contributed by atoms with Crippen molar-refractivity contribution in [3.05, 3.63) is 34.9 Å². The monoisotopic (exact) mass is 260 g/mol. The molecule has 2 heteroatoms. The number of benzene rings is 1. The summed E-state index contributed by atoms with van der Waals surface area (Å²) in [5, 5.41) is 3.70. The molecule has 19 heavy (non-hydrogen) atoms. The van der Waals surface area contributed by atoms with Crippen LogP contribution in [0.25, 0.3) is 0 Å². The Morgan fingerprint density at radius 1 is 1.37 bits per heavy atom. The van der Waals surface area contributed by atoms with Crippen molar-refractivity contribution < 1.29 is 0 Å². The summed E-state index contributed by atoms with van der Waals surface area (Å²) >= 11 is 0. The van der Waals surface area contributed by atoms with Gasteiger partial charge >= 0.3 is 0 Å². The second-order valence-electron chi connectivity index (χ2n) is 6.48. The molecule has 2 rings (SSSR count). The van der Waals surface area contributed by atoms with Gasteiger partial charge < -0.3 is 5.32 Å². The van der Waals surface area contributed by atoms with Gasteiger partial charge in [0, 0.05) is 31.2 Å². The van der Waals surface area contributed by atoms with Gasteiger partial charge in [0.05, 0.1) is 0 Å². The van der Waals surface area contributed by atoms with E-state index in [1.807, 2.05) is 0 Å². The van der Waals surface area contributed by atoms with Crippen molar-refractivity contribution in [1.29, 1.82) is 0 Å². The standard InChI is InChI=1S/C17H28N2/c1-6-17(5)12-19(15(4)10-18-17)11-16-9-13(2)7-8-14(16)3/h7-9,15,18H,6,10-12H2,1-5H3. The minimum atomic E-state index is 0.268. The Morgan fingerprint density at radius 3 is 2.79 bits per heavy atom. The van der Waals surface area contributed by atoms with E-state index in [9.17, 15) is 0 Å². The molecule has 2 atom stereocenters. The third-order valence-electron chi connectivity index (χ3n) is 4.66. The van der Waals surface area contributed by atoms with Crippen LogP contribution in [0.2, 0.25) is 0 Å². The molecule has 1 aliphatic rings. The lowest BCUT2D eigenvalue weighted by Crippen LogP contribution is -2.61. The zero-order chi connectivity index (χ0) is 14.0. The van der Waals surface area contributed by atoms with Crippen LogP contribution >= 0.6 is 0 Å². The van der Waals surface area contributed by atoms with E-state index in [4.69, 9.17) is 0 Å². The van der Waals surface area contributed by atoms with Gasteiger partial charge in [-0.1, -0.05) is 30.7 Å². The summed E-state index contributed by atoms with van der Waals surface area (Å²) in [6, 6.07) is 7.40. The lowest BCUT2D eigenvalue weighted by molar-refractivity contribution is 0.0864. The largest absolute Gasteiger partial charge is 0.309 e. The van der Waals surface area contributed by atoms with Crippen LogP contribution in [-0.4, -0.2) is 29.6 Å². The molecule has 1 aliphatic heterocycles. The maximum absolute atomic E-state index is 3.70. The third kappa shape index (κ3) is 3.37. The highest BCUT2D eigenvalue weighted by atomic mass is 15.2. The molecule has 0 bridgehead atoms. The van der Waals surface area contributed by atoms with Crippen LogP contribution in [0.3, 0.4) is 0 Å². The minimum Gasteiger partial charge on any atom is -0.309 e. The Hall–Kier alpha value is -0.860. The van der Waals surface area contributed by atoms with Crippen LogP contribution in [0.15, 0.2) is 18.2 Å². The smallest absolute Gasteiger partial charge is 0.0278 e. The Labute approximate surface area is 118 Å². The van der Waals surface area contributed by atoms with E-state index in [-0.39, 0.29) is 5.54 Å². The van der Waals surface area contributed by atoms with Gasteiger partial charge in [-0.2, -0.15) is 0 Å². The van der Waals surface area contributed by atoms with Crippen LogP contribution in [-0.2, 0) is 6.54 Å². The van der Waals surface area contributed by atoms with Gasteiger partial charge in [0.15, 0.2) is 0 Å². The van der Waals surface area contributed by atoms with Crippen molar-refractivity contribution in [2.45, 2.75) is 59.2 Å². The van der Waals surface area contributed by atoms with E-state index in [1.165, 1.54) is 23.1 Å². The van der Waals surface area contributed by atoms with Crippen LogP contribution in [0.1, 0.15) is 43.9 Å². The van der Waals surface area contributed by atoms with Gasteiger partial charge in [0.1, 0.15) is 0 Å². The topological polar surface area (TPSA) is 15.3 Å². The van der Waals surface area contributed by atoms with E-state index in [2.05, 4.69) is 63.0 Å². The molecule has 0 radical (unpaired) electrons. The number of aryl methyl sites for hydroxylation is 2. The van der Waals surface area contributed by atoms with Crippen LogP contribution in [0, 0.1) is 13.8 Å². The first-order chi connectivity index (χ1) is 8.93. The molecule has 0 aromatic heterocycles. The lowest BCUT2D eigenvalue weighted by Gasteiger charge is -2.45. The van der Waals surface area contributed by atoms with Crippen molar-refractivity contribution in [3.63, 3.8) is 0 Å². The summed E-state index contributed by atoms with van der Waals surface area (Å²) in [5.41, 5.74) is 4.52. The van der Waals surface area contributed by atoms with Crippen LogP contribution in [0.4, 0.5) is 0 Å². The molecular formula is C17H28N2. The molecular weight excluding hydrogens is 232 g/mol. The highest BCUT2D eigenvalue weighted by molar-refractivity contribution is 5.30. The molecule has 0 saturated carbocycles. The van der Waals surface area contributed by atoms with E-state index in [1.54, 1.807) is 0 Å². The Morgan fingerprint density at radius 2 is 2.11 bits per heavy atom. The highest BCUT2D eigenvalue weighted by Gasteiger charge is 2.32. The fourth-order valence-corrected chi connectivity index (χ4v) is 2.82. The molecule has 1 saturated heterocycles. The molecule has 0 spiro atoms. The van der Waals surface area contributed by atoms with E-state index in [0.717, 1.165) is 19.6 Å². The summed E-state index contributed by atoms with van der Waals surface area (Å²) in [4.78, 5) is 2.63. The highest BCUT2D eigenvalue weighted by Crippen LogP contribution is 2.22. The molecule has 0 amide bonds. The Bertz CT molecular complexity index is 441. The summed E-state index contributed by atoms with van der Waals surface area (Å²) in [7, 11) is 0. The predicted molar refractivity (Wildman–Crippen MR) is 82.5 cm³/mol. The van der Waals surface area contributed by atoms with E-state index >= 15 is 0 Å². The van der Waals surface area contributed by atoms with Crippen molar-refractivity contribution in [1.82, 2.24) is 10.2 Å². The fraction of sp³-hybridized carbons (Fsp3) is 0.647. The van der Waals surface area contributed by atoms with Gasteiger partial charge in [-0.05, 0) is 45.2 Å². The lowest BCUT2D eigenvalue weighted by atomic mass is 9.93. The zero-order valence-electron chi connectivity index (χ0n) is 13.1. The molecule has 2 unspecified atom stereocenters. The first-order valence-corrected chi connectivity index (χ1v) is 7.49. The number of nitrogens with one attached hydrogen (secondary N) is 1. The molecule has 1 aromatic carbocycles. The third-order valence-corrected chi connectivity index (χ3v) is 4.66. The van der Waals surface area contributed by atoms with E-state index < -0.39 is 0 Å². The first-order valence-electron chi connectivity index (χ1n) is 7.49. The molecule has 106 valence electrons. The summed E-state index contributed by atoms with van der Waals surface area (Å²) < 4.78 is 0. The number of rotatable bonds is 3. The molecule has 2 nitrogen and oxygen atoms in total. The maximum atomic E-state index is 3.70. The predicted octanol–water partition coefficient (Wildman–Crippen LogP) is 3.27. The van der Waals surface area contributed by atoms with Gasteiger partial charge in [0.25, 0.3) is 0 Å². The van der Waals surface area contributed by atoms with Gasteiger partial charge in [0.2, 0.25) is 0 Å². The first kappa shape index (κ1) is 14.5. The quantitative estimate of drug-likeness (QED) is 0.897. The minimum absolute atomic E-state index is 0.268.